The Morgan fingerprint density at radius 1 is 1.36 bits per heavy atom. The minimum absolute atomic E-state index is 0.0888. The number of rotatable bonds is 8. The molecule has 0 saturated carbocycles. The lowest BCUT2D eigenvalue weighted by atomic mass is 10.2. The predicted octanol–water partition coefficient (Wildman–Crippen LogP) is 4.15. The SMILES string of the molecule is CCCCCOC(=O)CCN1C(=O)C(=Cc2ccccc2F)SC1=S. The lowest BCUT2D eigenvalue weighted by molar-refractivity contribution is -0.144. The van der Waals surface area contributed by atoms with Crippen LogP contribution in [0.15, 0.2) is 29.2 Å². The van der Waals surface area contributed by atoms with Crippen LogP contribution in [0.2, 0.25) is 0 Å². The molecule has 1 aromatic rings. The van der Waals surface area contributed by atoms with E-state index in [9.17, 15) is 14.0 Å². The van der Waals surface area contributed by atoms with Gasteiger partial charge < -0.3 is 4.74 Å². The molecule has 0 atom stereocenters. The molecule has 0 radical (unpaired) electrons. The number of unbranched alkanes of at least 4 members (excludes halogenated alkanes) is 2. The van der Waals surface area contributed by atoms with Gasteiger partial charge in [-0.15, -0.1) is 0 Å². The molecule has 25 heavy (non-hydrogen) atoms. The number of halogens is 1. The van der Waals surface area contributed by atoms with Gasteiger partial charge in [0.25, 0.3) is 5.91 Å². The Morgan fingerprint density at radius 3 is 2.84 bits per heavy atom. The summed E-state index contributed by atoms with van der Waals surface area (Å²) in [6, 6.07) is 6.21. The van der Waals surface area contributed by atoms with Crippen molar-refractivity contribution in [1.82, 2.24) is 4.90 Å². The highest BCUT2D eigenvalue weighted by molar-refractivity contribution is 8.26. The maximum Gasteiger partial charge on any atom is 0.307 e. The lowest BCUT2D eigenvalue weighted by Gasteiger charge is -2.13. The van der Waals surface area contributed by atoms with E-state index in [1.165, 1.54) is 17.0 Å². The number of amides is 1. The average molecular weight is 381 g/mol. The van der Waals surface area contributed by atoms with E-state index in [0.29, 0.717) is 21.4 Å². The van der Waals surface area contributed by atoms with Gasteiger partial charge in [-0.05, 0) is 18.6 Å². The second-order valence-electron chi connectivity index (χ2n) is 5.53. The third-order valence-corrected chi connectivity index (χ3v) is 4.99. The van der Waals surface area contributed by atoms with Gasteiger partial charge in [0.15, 0.2) is 0 Å². The van der Waals surface area contributed by atoms with Crippen LogP contribution in [0, 0.1) is 5.82 Å². The minimum Gasteiger partial charge on any atom is -0.466 e. The summed E-state index contributed by atoms with van der Waals surface area (Å²) in [7, 11) is 0. The molecule has 0 bridgehead atoms. The molecule has 1 heterocycles. The van der Waals surface area contributed by atoms with Crippen LogP contribution < -0.4 is 0 Å². The highest BCUT2D eigenvalue weighted by Gasteiger charge is 2.32. The summed E-state index contributed by atoms with van der Waals surface area (Å²) in [6.45, 7) is 2.65. The monoisotopic (exact) mass is 381 g/mol. The van der Waals surface area contributed by atoms with Crippen LogP contribution in [-0.4, -0.2) is 34.2 Å². The van der Waals surface area contributed by atoms with Gasteiger partial charge in [0.05, 0.1) is 17.9 Å². The third-order valence-electron chi connectivity index (χ3n) is 3.62. The molecule has 0 spiro atoms. The molecule has 1 aromatic carbocycles. The second-order valence-corrected chi connectivity index (χ2v) is 7.21. The van der Waals surface area contributed by atoms with Crippen molar-refractivity contribution >= 4 is 46.3 Å². The van der Waals surface area contributed by atoms with E-state index in [0.717, 1.165) is 31.0 Å². The van der Waals surface area contributed by atoms with Crippen LogP contribution in [0.4, 0.5) is 4.39 Å². The molecule has 1 amide bonds. The zero-order valence-electron chi connectivity index (χ0n) is 14.0. The van der Waals surface area contributed by atoms with Crippen molar-refractivity contribution in [3.05, 3.63) is 40.6 Å². The first kappa shape index (κ1) is 19.6. The number of hydrogen-bond donors (Lipinski definition) is 0. The number of thiocarbonyl (C=S) groups is 1. The summed E-state index contributed by atoms with van der Waals surface area (Å²) in [5.74, 6) is -1.05. The smallest absolute Gasteiger partial charge is 0.307 e. The van der Waals surface area contributed by atoms with Crippen LogP contribution in [0.25, 0.3) is 6.08 Å². The van der Waals surface area contributed by atoms with E-state index < -0.39 is 5.82 Å². The number of carbonyl (C=O) groups excluding carboxylic acids is 2. The van der Waals surface area contributed by atoms with Gasteiger partial charge in [0, 0.05) is 12.1 Å². The molecule has 1 fully saturated rings. The molecule has 2 rings (SSSR count). The Kier molecular flexibility index (Phi) is 7.58. The molecule has 1 aliphatic rings. The summed E-state index contributed by atoms with van der Waals surface area (Å²) in [6.07, 6.45) is 4.49. The van der Waals surface area contributed by atoms with Crippen molar-refractivity contribution < 1.29 is 18.7 Å². The quantitative estimate of drug-likeness (QED) is 0.293. The molecule has 1 saturated heterocycles. The van der Waals surface area contributed by atoms with Crippen LogP contribution in [0.3, 0.4) is 0 Å². The molecule has 0 aliphatic carbocycles. The zero-order chi connectivity index (χ0) is 18.2. The van der Waals surface area contributed by atoms with Crippen molar-refractivity contribution in [3.63, 3.8) is 0 Å². The number of hydrogen-bond acceptors (Lipinski definition) is 5. The van der Waals surface area contributed by atoms with Crippen molar-refractivity contribution in [2.24, 2.45) is 0 Å². The molecule has 134 valence electrons. The van der Waals surface area contributed by atoms with Crippen molar-refractivity contribution in [3.8, 4) is 0 Å². The predicted molar refractivity (Wildman–Crippen MR) is 101 cm³/mol. The van der Waals surface area contributed by atoms with E-state index in [-0.39, 0.29) is 24.8 Å². The fourth-order valence-electron chi connectivity index (χ4n) is 2.24. The third kappa shape index (κ3) is 5.64. The topological polar surface area (TPSA) is 46.6 Å². The number of esters is 1. The zero-order valence-corrected chi connectivity index (χ0v) is 15.6. The van der Waals surface area contributed by atoms with Gasteiger partial charge in [-0.2, -0.15) is 0 Å². The second kappa shape index (κ2) is 9.68. The fraction of sp³-hybridized carbons (Fsp3) is 0.389. The van der Waals surface area contributed by atoms with E-state index in [4.69, 9.17) is 17.0 Å². The molecule has 1 aliphatic heterocycles. The standard InChI is InChI=1S/C18H20FNO3S2/c1-2-3-6-11-23-16(21)9-10-20-17(22)15(25-18(20)24)12-13-7-4-5-8-14(13)19/h4-5,7-8,12H,2-3,6,9-11H2,1H3. The van der Waals surface area contributed by atoms with Crippen LogP contribution >= 0.6 is 24.0 Å². The Labute approximate surface area is 156 Å². The number of benzene rings is 1. The summed E-state index contributed by atoms with van der Waals surface area (Å²) in [4.78, 5) is 25.9. The Bertz CT molecular complexity index is 691. The maximum absolute atomic E-state index is 13.7. The largest absolute Gasteiger partial charge is 0.466 e. The Balaban J connectivity index is 1.91. The maximum atomic E-state index is 13.7. The number of nitrogens with zero attached hydrogens (tertiary/aromatic N) is 1. The van der Waals surface area contributed by atoms with Gasteiger partial charge in [-0.1, -0.05) is 61.9 Å². The highest BCUT2D eigenvalue weighted by Crippen LogP contribution is 2.32. The number of thioether (sulfide) groups is 1. The Morgan fingerprint density at radius 2 is 2.12 bits per heavy atom. The molecule has 0 N–H and O–H groups in total. The lowest BCUT2D eigenvalue weighted by Crippen LogP contribution is -2.30. The molecular formula is C18H20FNO3S2. The minimum atomic E-state index is -0.400. The van der Waals surface area contributed by atoms with Gasteiger partial charge in [-0.3, -0.25) is 14.5 Å². The summed E-state index contributed by atoms with van der Waals surface area (Å²) >= 11 is 6.31. The van der Waals surface area contributed by atoms with E-state index in [2.05, 4.69) is 6.92 Å². The summed E-state index contributed by atoms with van der Waals surface area (Å²) < 4.78 is 19.2. The van der Waals surface area contributed by atoms with E-state index in [1.807, 2.05) is 0 Å². The van der Waals surface area contributed by atoms with Crippen LogP contribution in [-0.2, 0) is 14.3 Å². The van der Waals surface area contributed by atoms with Crippen LogP contribution in [0.5, 0.6) is 0 Å². The van der Waals surface area contributed by atoms with Gasteiger partial charge >= 0.3 is 5.97 Å². The Hall–Kier alpha value is -1.73. The summed E-state index contributed by atoms with van der Waals surface area (Å²) in [5.41, 5.74) is 0.332. The van der Waals surface area contributed by atoms with Crippen molar-refractivity contribution in [2.45, 2.75) is 32.6 Å². The normalized spacial score (nSPS) is 15.9. The summed E-state index contributed by atoms with van der Waals surface area (Å²) in [5, 5.41) is 0. The van der Waals surface area contributed by atoms with Crippen molar-refractivity contribution in [1.29, 1.82) is 0 Å². The molecule has 0 aromatic heterocycles. The molecule has 7 heteroatoms. The first-order valence-corrected chi connectivity index (χ1v) is 9.41. The van der Waals surface area contributed by atoms with Gasteiger partial charge in [0.1, 0.15) is 10.1 Å². The molecular weight excluding hydrogens is 361 g/mol. The number of carbonyl (C=O) groups is 2. The van der Waals surface area contributed by atoms with Gasteiger partial charge in [0.2, 0.25) is 0 Å². The van der Waals surface area contributed by atoms with Crippen molar-refractivity contribution in [2.75, 3.05) is 13.2 Å². The number of ether oxygens (including phenoxy) is 1. The fourth-order valence-corrected chi connectivity index (χ4v) is 3.54. The first-order valence-electron chi connectivity index (χ1n) is 8.18. The highest BCUT2D eigenvalue weighted by atomic mass is 32.2. The molecule has 4 nitrogen and oxygen atoms in total. The van der Waals surface area contributed by atoms with Gasteiger partial charge in [-0.25, -0.2) is 4.39 Å². The first-order chi connectivity index (χ1) is 12.0. The average Bonchev–Trinajstić information content (AvgIpc) is 2.85. The van der Waals surface area contributed by atoms with E-state index in [1.54, 1.807) is 18.2 Å². The van der Waals surface area contributed by atoms with E-state index >= 15 is 0 Å². The molecule has 0 unspecified atom stereocenters. The van der Waals surface area contributed by atoms with Crippen LogP contribution in [0.1, 0.15) is 38.2 Å².